The van der Waals surface area contributed by atoms with Gasteiger partial charge in [-0.25, -0.2) is 8.42 Å². The maximum Gasteiger partial charge on any atom is 0.243 e. The van der Waals surface area contributed by atoms with Gasteiger partial charge in [-0.3, -0.25) is 4.98 Å². The first kappa shape index (κ1) is 24.4. The first-order valence-electron chi connectivity index (χ1n) is 9.38. The molecule has 30 heavy (non-hydrogen) atoms. The summed E-state index contributed by atoms with van der Waals surface area (Å²) >= 11 is 0. The highest BCUT2D eigenvalue weighted by Gasteiger charge is 2.28. The molecule has 1 N–H and O–H groups in total. The Morgan fingerprint density at radius 1 is 0.967 bits per heavy atom. The monoisotopic (exact) mass is 469 g/mol. The minimum Gasteiger partial charge on any atom is -0.455 e. The summed E-state index contributed by atoms with van der Waals surface area (Å²) < 4.78 is 34.6. The predicted octanol–water partition coefficient (Wildman–Crippen LogP) is 4.16. The van der Waals surface area contributed by atoms with Crippen molar-refractivity contribution >= 4 is 45.6 Å². The molecule has 0 atom stereocenters. The van der Waals surface area contributed by atoms with Crippen molar-refractivity contribution in [3.05, 3.63) is 60.4 Å². The summed E-state index contributed by atoms with van der Waals surface area (Å²) in [6.45, 7) is 4.39. The molecule has 1 fully saturated rings. The highest BCUT2D eigenvalue weighted by atomic mass is 35.5. The lowest BCUT2D eigenvalue weighted by molar-refractivity contribution is 0.432. The summed E-state index contributed by atoms with van der Waals surface area (Å²) in [4.78, 5) is 4.51. The third kappa shape index (κ3) is 4.87. The third-order valence-electron chi connectivity index (χ3n) is 4.94. The van der Waals surface area contributed by atoms with Crippen LogP contribution in [0.25, 0.3) is 10.8 Å². The van der Waals surface area contributed by atoms with Crippen molar-refractivity contribution in [2.24, 2.45) is 0 Å². The SMILES string of the molecule is Cc1ccccc1Oc1cncc2cccc(S(=O)(=O)N3CCCNCC3)c12.Cl.Cl. The van der Waals surface area contributed by atoms with Gasteiger partial charge in [0.1, 0.15) is 5.75 Å². The lowest BCUT2D eigenvalue weighted by Gasteiger charge is -2.21. The van der Waals surface area contributed by atoms with E-state index < -0.39 is 10.0 Å². The Bertz CT molecular complexity index is 1100. The van der Waals surface area contributed by atoms with E-state index in [2.05, 4.69) is 10.3 Å². The van der Waals surface area contributed by atoms with E-state index in [9.17, 15) is 8.42 Å². The maximum absolute atomic E-state index is 13.4. The average molecular weight is 470 g/mol. The van der Waals surface area contributed by atoms with E-state index in [-0.39, 0.29) is 29.7 Å². The number of hydrogen-bond donors (Lipinski definition) is 1. The molecule has 3 aromatic rings. The summed E-state index contributed by atoms with van der Waals surface area (Å²) in [6, 6.07) is 12.9. The lowest BCUT2D eigenvalue weighted by Crippen LogP contribution is -2.34. The van der Waals surface area contributed by atoms with Crippen LogP contribution in [0.15, 0.2) is 59.8 Å². The maximum atomic E-state index is 13.4. The van der Waals surface area contributed by atoms with Crippen LogP contribution < -0.4 is 10.1 Å². The van der Waals surface area contributed by atoms with E-state index in [1.54, 1.807) is 28.8 Å². The minimum atomic E-state index is -3.65. The normalized spacial score (nSPS) is 15.0. The number of rotatable bonds is 4. The zero-order chi connectivity index (χ0) is 19.6. The summed E-state index contributed by atoms with van der Waals surface area (Å²) in [5.74, 6) is 1.13. The molecule has 2 aromatic carbocycles. The second-order valence-corrected chi connectivity index (χ2v) is 8.77. The largest absolute Gasteiger partial charge is 0.455 e. The molecule has 0 spiro atoms. The van der Waals surface area contributed by atoms with Crippen LogP contribution in [0.3, 0.4) is 0 Å². The van der Waals surface area contributed by atoms with Gasteiger partial charge in [0.25, 0.3) is 0 Å². The molecule has 1 aliphatic rings. The van der Waals surface area contributed by atoms with Crippen molar-refractivity contribution in [2.75, 3.05) is 26.2 Å². The summed E-state index contributed by atoms with van der Waals surface area (Å²) in [5.41, 5.74) is 0.971. The van der Waals surface area contributed by atoms with Gasteiger partial charge in [0.2, 0.25) is 10.0 Å². The Balaban J connectivity index is 0.00000160. The Morgan fingerprint density at radius 3 is 2.57 bits per heavy atom. The topological polar surface area (TPSA) is 71.5 Å². The second-order valence-electron chi connectivity index (χ2n) is 6.87. The molecule has 4 rings (SSSR count). The molecule has 0 amide bonds. The molecule has 0 bridgehead atoms. The molecule has 1 saturated heterocycles. The van der Waals surface area contributed by atoms with Gasteiger partial charge in [-0.1, -0.05) is 30.3 Å². The number of sulfonamides is 1. The van der Waals surface area contributed by atoms with Crippen LogP contribution in [0.2, 0.25) is 0 Å². The predicted molar refractivity (Wildman–Crippen MR) is 124 cm³/mol. The van der Waals surface area contributed by atoms with Crippen molar-refractivity contribution in [1.82, 2.24) is 14.6 Å². The molecule has 1 aliphatic heterocycles. The number of hydrogen-bond acceptors (Lipinski definition) is 5. The molecule has 0 aliphatic carbocycles. The van der Waals surface area contributed by atoms with Crippen molar-refractivity contribution in [3.63, 3.8) is 0 Å². The van der Waals surface area contributed by atoms with E-state index in [1.807, 2.05) is 37.3 Å². The van der Waals surface area contributed by atoms with Gasteiger partial charge < -0.3 is 10.1 Å². The zero-order valence-corrected chi connectivity index (χ0v) is 19.0. The lowest BCUT2D eigenvalue weighted by atomic mass is 10.1. The van der Waals surface area contributed by atoms with Crippen LogP contribution in [-0.2, 0) is 10.0 Å². The number of halogens is 2. The molecule has 0 unspecified atom stereocenters. The van der Waals surface area contributed by atoms with Gasteiger partial charge in [0, 0.05) is 36.6 Å². The highest BCUT2D eigenvalue weighted by Crippen LogP contribution is 2.35. The second kappa shape index (κ2) is 10.4. The molecule has 6 nitrogen and oxygen atoms in total. The van der Waals surface area contributed by atoms with Gasteiger partial charge in [-0.2, -0.15) is 4.31 Å². The van der Waals surface area contributed by atoms with Crippen LogP contribution >= 0.6 is 24.8 Å². The third-order valence-corrected chi connectivity index (χ3v) is 6.88. The molecule has 2 heterocycles. The summed E-state index contributed by atoms with van der Waals surface area (Å²) in [6.07, 6.45) is 4.04. The van der Waals surface area contributed by atoms with Crippen LogP contribution in [0.1, 0.15) is 12.0 Å². The van der Waals surface area contributed by atoms with E-state index in [4.69, 9.17) is 4.74 Å². The number of benzene rings is 2. The number of ether oxygens (including phenoxy) is 1. The Labute approximate surface area is 189 Å². The van der Waals surface area contributed by atoms with Gasteiger partial charge in [-0.15, -0.1) is 24.8 Å². The van der Waals surface area contributed by atoms with Gasteiger partial charge in [-0.05, 0) is 37.6 Å². The van der Waals surface area contributed by atoms with Crippen molar-refractivity contribution in [2.45, 2.75) is 18.2 Å². The fourth-order valence-corrected chi connectivity index (χ4v) is 5.16. The van der Waals surface area contributed by atoms with Crippen molar-refractivity contribution in [3.8, 4) is 11.5 Å². The zero-order valence-electron chi connectivity index (χ0n) is 16.6. The van der Waals surface area contributed by atoms with Crippen LogP contribution in [-0.4, -0.2) is 43.9 Å². The quantitative estimate of drug-likeness (QED) is 0.620. The molecular weight excluding hydrogens is 445 g/mol. The fourth-order valence-electron chi connectivity index (χ4n) is 3.45. The number of fused-ring (bicyclic) bond motifs is 1. The Hall–Kier alpha value is -1.90. The molecule has 9 heteroatoms. The number of para-hydroxylation sites is 1. The fraction of sp³-hybridized carbons (Fsp3) is 0.286. The van der Waals surface area contributed by atoms with Crippen molar-refractivity contribution < 1.29 is 13.2 Å². The van der Waals surface area contributed by atoms with Crippen LogP contribution in [0.5, 0.6) is 11.5 Å². The van der Waals surface area contributed by atoms with E-state index in [0.29, 0.717) is 36.5 Å². The van der Waals surface area contributed by atoms with E-state index >= 15 is 0 Å². The average Bonchev–Trinajstić information content (AvgIpc) is 2.99. The molecule has 0 radical (unpaired) electrons. The first-order valence-corrected chi connectivity index (χ1v) is 10.8. The number of pyridine rings is 1. The Morgan fingerprint density at radius 2 is 1.77 bits per heavy atom. The number of aryl methyl sites for hydroxylation is 1. The smallest absolute Gasteiger partial charge is 0.243 e. The van der Waals surface area contributed by atoms with Gasteiger partial charge in [0.05, 0.1) is 11.1 Å². The summed E-state index contributed by atoms with van der Waals surface area (Å²) in [7, 11) is -3.65. The molecule has 0 saturated carbocycles. The van der Waals surface area contributed by atoms with Crippen molar-refractivity contribution in [1.29, 1.82) is 0 Å². The number of aromatic nitrogens is 1. The van der Waals surface area contributed by atoms with Crippen LogP contribution in [0.4, 0.5) is 0 Å². The molecular formula is C21H25Cl2N3O3S. The van der Waals surface area contributed by atoms with E-state index in [0.717, 1.165) is 23.9 Å². The Kier molecular flexibility index (Phi) is 8.46. The minimum absolute atomic E-state index is 0. The highest BCUT2D eigenvalue weighted by molar-refractivity contribution is 7.89. The number of nitrogens with zero attached hydrogens (tertiary/aromatic N) is 2. The number of nitrogens with one attached hydrogen (secondary N) is 1. The van der Waals surface area contributed by atoms with E-state index in [1.165, 1.54) is 0 Å². The first-order chi connectivity index (χ1) is 13.6. The van der Waals surface area contributed by atoms with Gasteiger partial charge in [0.15, 0.2) is 5.75 Å². The van der Waals surface area contributed by atoms with Crippen LogP contribution in [0, 0.1) is 6.92 Å². The molecule has 1 aromatic heterocycles. The summed E-state index contributed by atoms with van der Waals surface area (Å²) in [5, 5.41) is 4.55. The molecule has 162 valence electrons. The van der Waals surface area contributed by atoms with Gasteiger partial charge >= 0.3 is 0 Å². The standard InChI is InChI=1S/C21H23N3O3S.2ClH/c1-16-6-2-3-8-18(16)27-19-15-23-14-17-7-4-9-20(21(17)19)28(25,26)24-12-5-10-22-11-13-24;;/h2-4,6-9,14-15,22H,5,10-13H2,1H3;2*1H.